The van der Waals surface area contributed by atoms with Crippen molar-refractivity contribution in [2.45, 2.75) is 13.0 Å². The van der Waals surface area contributed by atoms with Crippen LogP contribution >= 0.6 is 0 Å². The smallest absolute Gasteiger partial charge is 0.303 e. The van der Waals surface area contributed by atoms with Crippen LogP contribution in [0.3, 0.4) is 0 Å². The molecule has 0 radical (unpaired) electrons. The van der Waals surface area contributed by atoms with E-state index in [0.717, 1.165) is 13.1 Å². The van der Waals surface area contributed by atoms with Gasteiger partial charge in [0.25, 0.3) is 0 Å². The predicted molar refractivity (Wildman–Crippen MR) is 43.9 cm³/mol. The summed E-state index contributed by atoms with van der Waals surface area (Å²) < 4.78 is 10.3. The van der Waals surface area contributed by atoms with Gasteiger partial charge in [-0.25, -0.2) is 0 Å². The minimum atomic E-state index is -0.237. The second-order valence-corrected chi connectivity index (χ2v) is 3.07. The van der Waals surface area contributed by atoms with Gasteiger partial charge >= 0.3 is 5.97 Å². The fourth-order valence-corrected chi connectivity index (χ4v) is 1.23. The molecule has 0 aliphatic carbocycles. The van der Waals surface area contributed by atoms with E-state index in [1.807, 2.05) is 7.05 Å². The fraction of sp³-hybridized carbons (Fsp3) is 0.875. The van der Waals surface area contributed by atoms with E-state index in [1.165, 1.54) is 6.92 Å². The summed E-state index contributed by atoms with van der Waals surface area (Å²) in [6.45, 7) is 4.32. The normalized spacial score (nSPS) is 26.3. The van der Waals surface area contributed by atoms with Crippen LogP contribution in [0.5, 0.6) is 0 Å². The summed E-state index contributed by atoms with van der Waals surface area (Å²) in [7, 11) is 1.99. The van der Waals surface area contributed by atoms with E-state index in [9.17, 15) is 4.79 Å². The molecule has 0 spiro atoms. The number of hydrogen-bond acceptors (Lipinski definition) is 4. The third-order valence-electron chi connectivity index (χ3n) is 1.77. The number of esters is 1. The van der Waals surface area contributed by atoms with Crippen LogP contribution < -0.4 is 0 Å². The maximum atomic E-state index is 10.6. The van der Waals surface area contributed by atoms with Crippen molar-refractivity contribution in [2.24, 2.45) is 0 Å². The molecular weight excluding hydrogens is 158 g/mol. The Hall–Kier alpha value is -0.610. The van der Waals surface area contributed by atoms with Crippen LogP contribution in [-0.4, -0.2) is 50.3 Å². The molecule has 1 heterocycles. The summed E-state index contributed by atoms with van der Waals surface area (Å²) in [5, 5.41) is 0. The lowest BCUT2D eigenvalue weighted by atomic mass is 10.3. The second kappa shape index (κ2) is 4.42. The van der Waals surface area contributed by atoms with Gasteiger partial charge in [-0.05, 0) is 7.05 Å². The Bertz CT molecular complexity index is 160. The van der Waals surface area contributed by atoms with Gasteiger partial charge < -0.3 is 14.4 Å². The van der Waals surface area contributed by atoms with Crippen LogP contribution in [-0.2, 0) is 14.3 Å². The van der Waals surface area contributed by atoms with Crippen molar-refractivity contribution in [2.75, 3.05) is 33.4 Å². The molecule has 0 aromatic carbocycles. The molecule has 4 heteroatoms. The maximum Gasteiger partial charge on any atom is 0.303 e. The molecule has 0 aromatic rings. The Morgan fingerprint density at radius 2 is 2.42 bits per heavy atom. The molecule has 0 amide bonds. The summed E-state index contributed by atoms with van der Waals surface area (Å²) in [5.41, 5.74) is 0. The van der Waals surface area contributed by atoms with E-state index in [2.05, 4.69) is 4.90 Å². The molecule has 0 aromatic heterocycles. The zero-order chi connectivity index (χ0) is 8.97. The lowest BCUT2D eigenvalue weighted by Crippen LogP contribution is -2.32. The van der Waals surface area contributed by atoms with Crippen molar-refractivity contribution in [3.05, 3.63) is 0 Å². The largest absolute Gasteiger partial charge is 0.459 e. The Balaban J connectivity index is 2.35. The topological polar surface area (TPSA) is 38.8 Å². The second-order valence-electron chi connectivity index (χ2n) is 3.07. The minimum Gasteiger partial charge on any atom is -0.459 e. The molecule has 70 valence electrons. The standard InChI is InChI=1S/C8H15NO3/c1-7(10)12-8-5-9(2)3-4-11-6-8/h8H,3-6H2,1-2H3. The summed E-state index contributed by atoms with van der Waals surface area (Å²) >= 11 is 0. The molecular formula is C8H15NO3. The lowest BCUT2D eigenvalue weighted by Gasteiger charge is -2.18. The van der Waals surface area contributed by atoms with Crippen LogP contribution in [0, 0.1) is 0 Å². The summed E-state index contributed by atoms with van der Waals surface area (Å²) in [6, 6.07) is 0. The monoisotopic (exact) mass is 173 g/mol. The van der Waals surface area contributed by atoms with Crippen molar-refractivity contribution in [3.63, 3.8) is 0 Å². The van der Waals surface area contributed by atoms with Crippen LogP contribution in [0.25, 0.3) is 0 Å². The third-order valence-corrected chi connectivity index (χ3v) is 1.77. The van der Waals surface area contributed by atoms with E-state index in [4.69, 9.17) is 9.47 Å². The molecule has 1 aliphatic heterocycles. The predicted octanol–water partition coefficient (Wildman–Crippen LogP) is -0.120. The number of rotatable bonds is 1. The van der Waals surface area contributed by atoms with Crippen LogP contribution in [0.4, 0.5) is 0 Å². The molecule has 1 fully saturated rings. The van der Waals surface area contributed by atoms with E-state index in [0.29, 0.717) is 13.2 Å². The maximum absolute atomic E-state index is 10.6. The van der Waals surface area contributed by atoms with E-state index in [1.54, 1.807) is 0 Å². The Labute approximate surface area is 72.4 Å². The van der Waals surface area contributed by atoms with Gasteiger partial charge in [-0.2, -0.15) is 0 Å². The first-order valence-corrected chi connectivity index (χ1v) is 4.12. The zero-order valence-electron chi connectivity index (χ0n) is 7.58. The highest BCUT2D eigenvalue weighted by atomic mass is 16.6. The number of hydrogen-bond donors (Lipinski definition) is 0. The zero-order valence-corrected chi connectivity index (χ0v) is 7.58. The molecule has 1 unspecified atom stereocenters. The highest BCUT2D eigenvalue weighted by molar-refractivity contribution is 5.66. The van der Waals surface area contributed by atoms with Crippen molar-refractivity contribution in [1.29, 1.82) is 0 Å². The Morgan fingerprint density at radius 1 is 1.67 bits per heavy atom. The van der Waals surface area contributed by atoms with Crippen molar-refractivity contribution in [3.8, 4) is 0 Å². The van der Waals surface area contributed by atoms with Crippen molar-refractivity contribution in [1.82, 2.24) is 4.90 Å². The van der Waals surface area contributed by atoms with Gasteiger partial charge in [0, 0.05) is 20.0 Å². The van der Waals surface area contributed by atoms with Crippen molar-refractivity contribution >= 4 is 5.97 Å². The number of nitrogens with zero attached hydrogens (tertiary/aromatic N) is 1. The van der Waals surface area contributed by atoms with E-state index in [-0.39, 0.29) is 12.1 Å². The molecule has 1 aliphatic rings. The SMILES string of the molecule is CC(=O)OC1COCCN(C)C1. The van der Waals surface area contributed by atoms with Crippen LogP contribution in [0.15, 0.2) is 0 Å². The highest BCUT2D eigenvalue weighted by Crippen LogP contribution is 2.01. The van der Waals surface area contributed by atoms with Gasteiger partial charge in [0.2, 0.25) is 0 Å². The third kappa shape index (κ3) is 3.19. The van der Waals surface area contributed by atoms with Gasteiger partial charge in [-0.15, -0.1) is 0 Å². The first-order valence-electron chi connectivity index (χ1n) is 4.12. The fourth-order valence-electron chi connectivity index (χ4n) is 1.23. The van der Waals surface area contributed by atoms with Crippen molar-refractivity contribution < 1.29 is 14.3 Å². The van der Waals surface area contributed by atoms with Gasteiger partial charge in [-0.1, -0.05) is 0 Å². The van der Waals surface area contributed by atoms with E-state index < -0.39 is 0 Å². The highest BCUT2D eigenvalue weighted by Gasteiger charge is 2.17. The summed E-state index contributed by atoms with van der Waals surface area (Å²) in [4.78, 5) is 12.7. The Kier molecular flexibility index (Phi) is 3.49. The Morgan fingerprint density at radius 3 is 3.08 bits per heavy atom. The molecule has 1 saturated heterocycles. The quantitative estimate of drug-likeness (QED) is 0.518. The number of carbonyl (C=O) groups excluding carboxylic acids is 1. The first-order chi connectivity index (χ1) is 5.68. The molecule has 4 nitrogen and oxygen atoms in total. The van der Waals surface area contributed by atoms with Crippen LogP contribution in [0.1, 0.15) is 6.92 Å². The van der Waals surface area contributed by atoms with Gasteiger partial charge in [-0.3, -0.25) is 4.79 Å². The lowest BCUT2D eigenvalue weighted by molar-refractivity contribution is -0.148. The minimum absolute atomic E-state index is 0.102. The number of carbonyl (C=O) groups is 1. The molecule has 12 heavy (non-hydrogen) atoms. The van der Waals surface area contributed by atoms with Gasteiger partial charge in [0.15, 0.2) is 0 Å². The number of ether oxygens (including phenoxy) is 2. The summed E-state index contributed by atoms with van der Waals surface area (Å²) in [6.07, 6.45) is -0.102. The average molecular weight is 173 g/mol. The van der Waals surface area contributed by atoms with Crippen LogP contribution in [0.2, 0.25) is 0 Å². The molecule has 1 rings (SSSR count). The average Bonchev–Trinajstić information content (AvgIpc) is 2.12. The van der Waals surface area contributed by atoms with E-state index >= 15 is 0 Å². The summed E-state index contributed by atoms with van der Waals surface area (Å²) in [5.74, 6) is -0.237. The molecule has 1 atom stereocenters. The molecule has 0 N–H and O–H groups in total. The number of likely N-dealkylation sites (N-methyl/N-ethyl adjacent to an activating group) is 1. The van der Waals surface area contributed by atoms with Gasteiger partial charge in [0.05, 0.1) is 13.2 Å². The first kappa shape index (κ1) is 9.48. The molecule has 0 saturated carbocycles. The van der Waals surface area contributed by atoms with Gasteiger partial charge in [0.1, 0.15) is 6.10 Å². The molecule has 0 bridgehead atoms.